The number of aromatic nitrogens is 2. The summed E-state index contributed by atoms with van der Waals surface area (Å²) in [7, 11) is 0. The van der Waals surface area contributed by atoms with Crippen LogP contribution in [0, 0.1) is 0 Å². The minimum atomic E-state index is -1.07. The molecule has 2 rings (SSSR count). The number of carboxylic acid groups (broad SMARTS) is 1. The molecule has 1 aromatic heterocycles. The SMILES string of the molecule is O=C(O)CO[C@@H]1CCOC[C@@H]1NC(=O)c1c[nH]c(=O)[nH]1. The number of carboxylic acids is 1. The van der Waals surface area contributed by atoms with E-state index < -0.39 is 36.3 Å². The molecule has 0 bridgehead atoms. The van der Waals surface area contributed by atoms with Crippen molar-refractivity contribution in [3.63, 3.8) is 0 Å². The first kappa shape index (κ1) is 14.3. The predicted molar refractivity (Wildman–Crippen MR) is 65.5 cm³/mol. The fourth-order valence-electron chi connectivity index (χ4n) is 1.93. The molecule has 9 nitrogen and oxygen atoms in total. The molecular formula is C11H15N3O6. The molecule has 20 heavy (non-hydrogen) atoms. The van der Waals surface area contributed by atoms with Gasteiger partial charge in [-0.2, -0.15) is 0 Å². The Balaban J connectivity index is 1.95. The number of carbonyl (C=O) groups is 2. The molecule has 1 saturated heterocycles. The molecule has 1 aliphatic heterocycles. The van der Waals surface area contributed by atoms with Crippen molar-refractivity contribution < 1.29 is 24.2 Å². The highest BCUT2D eigenvalue weighted by atomic mass is 16.5. The van der Waals surface area contributed by atoms with E-state index in [0.717, 1.165) is 0 Å². The molecule has 1 aromatic rings. The maximum absolute atomic E-state index is 11.9. The molecule has 1 aliphatic rings. The molecule has 110 valence electrons. The van der Waals surface area contributed by atoms with Gasteiger partial charge in [0.15, 0.2) is 0 Å². The molecule has 0 aromatic carbocycles. The van der Waals surface area contributed by atoms with Crippen LogP contribution in [0.25, 0.3) is 0 Å². The third-order valence-electron chi connectivity index (χ3n) is 2.87. The van der Waals surface area contributed by atoms with Crippen LogP contribution in [0.1, 0.15) is 16.9 Å². The molecule has 0 aliphatic carbocycles. The lowest BCUT2D eigenvalue weighted by Crippen LogP contribution is -2.51. The van der Waals surface area contributed by atoms with Gasteiger partial charge in [-0.05, 0) is 6.42 Å². The Morgan fingerprint density at radius 1 is 1.55 bits per heavy atom. The molecule has 2 atom stereocenters. The smallest absolute Gasteiger partial charge is 0.329 e. The van der Waals surface area contributed by atoms with Crippen molar-refractivity contribution in [1.82, 2.24) is 15.3 Å². The van der Waals surface area contributed by atoms with Gasteiger partial charge in [0.05, 0.1) is 18.8 Å². The molecule has 0 radical (unpaired) electrons. The summed E-state index contributed by atoms with van der Waals surface area (Å²) >= 11 is 0. The molecule has 4 N–H and O–H groups in total. The number of hydrogen-bond acceptors (Lipinski definition) is 5. The largest absolute Gasteiger partial charge is 0.480 e. The summed E-state index contributed by atoms with van der Waals surface area (Å²) in [4.78, 5) is 38.0. The first-order valence-electron chi connectivity index (χ1n) is 6.06. The maximum Gasteiger partial charge on any atom is 0.329 e. The average Bonchev–Trinajstić information content (AvgIpc) is 2.84. The van der Waals surface area contributed by atoms with E-state index in [2.05, 4.69) is 15.3 Å². The van der Waals surface area contributed by atoms with E-state index in [9.17, 15) is 14.4 Å². The second-order valence-corrected chi connectivity index (χ2v) is 4.34. The van der Waals surface area contributed by atoms with E-state index in [1.54, 1.807) is 0 Å². The first-order valence-corrected chi connectivity index (χ1v) is 6.06. The highest BCUT2D eigenvalue weighted by Crippen LogP contribution is 2.12. The normalized spacial score (nSPS) is 22.4. The fourth-order valence-corrected chi connectivity index (χ4v) is 1.93. The van der Waals surface area contributed by atoms with E-state index >= 15 is 0 Å². The van der Waals surface area contributed by atoms with Gasteiger partial charge in [-0.1, -0.05) is 0 Å². The van der Waals surface area contributed by atoms with Crippen LogP contribution in [0.15, 0.2) is 11.0 Å². The molecule has 0 unspecified atom stereocenters. The van der Waals surface area contributed by atoms with Crippen LogP contribution in [0.2, 0.25) is 0 Å². The number of carbonyl (C=O) groups excluding carboxylic acids is 1. The number of hydrogen-bond donors (Lipinski definition) is 4. The van der Waals surface area contributed by atoms with Gasteiger partial charge in [0, 0.05) is 12.8 Å². The van der Waals surface area contributed by atoms with Gasteiger partial charge >= 0.3 is 11.7 Å². The number of ether oxygens (including phenoxy) is 2. The topological polar surface area (TPSA) is 134 Å². The molecular weight excluding hydrogens is 270 g/mol. The van der Waals surface area contributed by atoms with Crippen molar-refractivity contribution in [2.24, 2.45) is 0 Å². The van der Waals surface area contributed by atoms with E-state index in [0.29, 0.717) is 13.0 Å². The van der Waals surface area contributed by atoms with Crippen LogP contribution in [0.5, 0.6) is 0 Å². The Morgan fingerprint density at radius 2 is 2.35 bits per heavy atom. The van der Waals surface area contributed by atoms with Gasteiger partial charge in [-0.3, -0.25) is 4.79 Å². The number of nitrogens with one attached hydrogen (secondary N) is 3. The molecule has 1 amide bonds. The zero-order chi connectivity index (χ0) is 14.5. The average molecular weight is 285 g/mol. The highest BCUT2D eigenvalue weighted by Gasteiger charge is 2.29. The Hall–Kier alpha value is -2.13. The van der Waals surface area contributed by atoms with Gasteiger partial charge in [-0.15, -0.1) is 0 Å². The van der Waals surface area contributed by atoms with Gasteiger partial charge in [0.1, 0.15) is 12.3 Å². The van der Waals surface area contributed by atoms with Crippen LogP contribution in [-0.4, -0.2) is 58.9 Å². The third kappa shape index (κ3) is 3.68. The summed E-state index contributed by atoms with van der Waals surface area (Å²) in [5.41, 5.74) is -0.383. The van der Waals surface area contributed by atoms with Crippen molar-refractivity contribution in [3.8, 4) is 0 Å². The summed E-state index contributed by atoms with van der Waals surface area (Å²) in [6.07, 6.45) is 1.31. The van der Waals surface area contributed by atoms with Crippen molar-refractivity contribution in [1.29, 1.82) is 0 Å². The summed E-state index contributed by atoms with van der Waals surface area (Å²) in [6, 6.07) is -0.464. The number of rotatable bonds is 5. The van der Waals surface area contributed by atoms with Crippen LogP contribution >= 0.6 is 0 Å². The molecule has 0 spiro atoms. The Bertz CT molecular complexity index is 536. The van der Waals surface area contributed by atoms with Gasteiger partial charge in [-0.25, -0.2) is 9.59 Å². The molecule has 1 fully saturated rings. The number of aromatic amines is 2. The van der Waals surface area contributed by atoms with Crippen molar-refractivity contribution >= 4 is 11.9 Å². The van der Waals surface area contributed by atoms with Crippen molar-refractivity contribution in [2.75, 3.05) is 19.8 Å². The second kappa shape index (κ2) is 6.35. The monoisotopic (exact) mass is 285 g/mol. The zero-order valence-corrected chi connectivity index (χ0v) is 10.5. The van der Waals surface area contributed by atoms with Gasteiger partial charge in [0.2, 0.25) is 0 Å². The number of H-pyrrole nitrogens is 2. The van der Waals surface area contributed by atoms with E-state index in [-0.39, 0.29) is 12.3 Å². The number of aliphatic carboxylic acids is 1. The first-order chi connectivity index (χ1) is 9.56. The zero-order valence-electron chi connectivity index (χ0n) is 10.5. The lowest BCUT2D eigenvalue weighted by Gasteiger charge is -2.31. The second-order valence-electron chi connectivity index (χ2n) is 4.34. The Labute approximate surface area is 113 Å². The minimum Gasteiger partial charge on any atom is -0.480 e. The van der Waals surface area contributed by atoms with E-state index in [1.165, 1.54) is 6.20 Å². The van der Waals surface area contributed by atoms with Crippen LogP contribution < -0.4 is 11.0 Å². The molecule has 9 heteroatoms. The summed E-state index contributed by atoms with van der Waals surface area (Å²) in [6.45, 7) is 0.236. The minimum absolute atomic E-state index is 0.0950. The van der Waals surface area contributed by atoms with E-state index in [4.69, 9.17) is 14.6 Å². The van der Waals surface area contributed by atoms with Crippen LogP contribution in [0.4, 0.5) is 0 Å². The summed E-state index contributed by atoms with van der Waals surface area (Å²) in [5, 5.41) is 11.3. The molecule has 2 heterocycles. The number of imidazole rings is 1. The quantitative estimate of drug-likeness (QED) is 0.531. The Kier molecular flexibility index (Phi) is 4.53. The lowest BCUT2D eigenvalue weighted by molar-refractivity contribution is -0.147. The standard InChI is InChI=1S/C11H15N3O6/c15-9(16)5-20-8-1-2-19-4-7(8)13-10(17)6-3-12-11(18)14-6/h3,7-8H,1-2,4-5H2,(H,13,17)(H,15,16)(H2,12,14,18)/t7-,8+/m0/s1. The lowest BCUT2D eigenvalue weighted by atomic mass is 10.1. The fraction of sp³-hybridized carbons (Fsp3) is 0.545. The van der Waals surface area contributed by atoms with Gasteiger partial charge < -0.3 is 29.9 Å². The van der Waals surface area contributed by atoms with Gasteiger partial charge in [0.25, 0.3) is 5.91 Å². The summed E-state index contributed by atoms with van der Waals surface area (Å²) in [5.74, 6) is -1.56. The maximum atomic E-state index is 11.9. The predicted octanol–water partition coefficient (Wildman–Crippen LogP) is -1.31. The van der Waals surface area contributed by atoms with Crippen LogP contribution in [0.3, 0.4) is 0 Å². The van der Waals surface area contributed by atoms with Crippen LogP contribution in [-0.2, 0) is 14.3 Å². The van der Waals surface area contributed by atoms with Crippen molar-refractivity contribution in [2.45, 2.75) is 18.6 Å². The third-order valence-corrected chi connectivity index (χ3v) is 2.87. The number of amides is 1. The summed E-state index contributed by atoms with van der Waals surface area (Å²) < 4.78 is 10.5. The molecule has 0 saturated carbocycles. The van der Waals surface area contributed by atoms with E-state index in [1.807, 2.05) is 0 Å². The Morgan fingerprint density at radius 3 is 3.00 bits per heavy atom. The van der Waals surface area contributed by atoms with Crippen molar-refractivity contribution in [3.05, 3.63) is 22.4 Å². The highest BCUT2D eigenvalue weighted by molar-refractivity contribution is 5.92.